The molecule has 112 valence electrons. The van der Waals surface area contributed by atoms with E-state index >= 15 is 0 Å². The SMILES string of the molecule is CCCCOCCCNC(=O)c1ccc(C(=O)OC)s1. The number of hydrogen-bond acceptors (Lipinski definition) is 5. The van der Waals surface area contributed by atoms with Crippen LogP contribution in [-0.4, -0.2) is 38.7 Å². The summed E-state index contributed by atoms with van der Waals surface area (Å²) < 4.78 is 10.00. The Morgan fingerprint density at radius 1 is 1.20 bits per heavy atom. The van der Waals surface area contributed by atoms with Gasteiger partial charge in [-0.15, -0.1) is 11.3 Å². The van der Waals surface area contributed by atoms with Crippen LogP contribution in [0.15, 0.2) is 12.1 Å². The minimum atomic E-state index is -0.418. The number of amides is 1. The summed E-state index contributed by atoms with van der Waals surface area (Å²) in [6.07, 6.45) is 2.97. The van der Waals surface area contributed by atoms with Crippen LogP contribution >= 0.6 is 11.3 Å². The van der Waals surface area contributed by atoms with Gasteiger partial charge in [0.05, 0.1) is 12.0 Å². The Hall–Kier alpha value is -1.40. The van der Waals surface area contributed by atoms with Crippen molar-refractivity contribution in [3.8, 4) is 0 Å². The summed E-state index contributed by atoms with van der Waals surface area (Å²) in [6, 6.07) is 3.23. The normalized spacial score (nSPS) is 10.3. The smallest absolute Gasteiger partial charge is 0.348 e. The molecule has 0 fully saturated rings. The Balaban J connectivity index is 2.22. The summed E-state index contributed by atoms with van der Waals surface area (Å²) in [7, 11) is 1.32. The average Bonchev–Trinajstić information content (AvgIpc) is 2.95. The van der Waals surface area contributed by atoms with Crippen LogP contribution in [0.1, 0.15) is 45.5 Å². The minimum absolute atomic E-state index is 0.168. The van der Waals surface area contributed by atoms with Gasteiger partial charge in [-0.3, -0.25) is 4.79 Å². The summed E-state index contributed by atoms with van der Waals surface area (Å²) >= 11 is 1.13. The zero-order valence-corrected chi connectivity index (χ0v) is 12.8. The number of unbranched alkanes of at least 4 members (excludes halogenated alkanes) is 1. The van der Waals surface area contributed by atoms with E-state index in [0.717, 1.165) is 37.2 Å². The van der Waals surface area contributed by atoms with Gasteiger partial charge in [0.15, 0.2) is 0 Å². The molecule has 0 atom stereocenters. The van der Waals surface area contributed by atoms with Crippen molar-refractivity contribution < 1.29 is 19.1 Å². The highest BCUT2D eigenvalue weighted by atomic mass is 32.1. The maximum Gasteiger partial charge on any atom is 0.348 e. The van der Waals surface area contributed by atoms with Gasteiger partial charge in [0.1, 0.15) is 4.88 Å². The highest BCUT2D eigenvalue weighted by Crippen LogP contribution is 2.17. The molecule has 1 heterocycles. The van der Waals surface area contributed by atoms with E-state index in [9.17, 15) is 9.59 Å². The van der Waals surface area contributed by atoms with Crippen LogP contribution in [0.2, 0.25) is 0 Å². The lowest BCUT2D eigenvalue weighted by molar-refractivity contribution is 0.0606. The topological polar surface area (TPSA) is 64.6 Å². The predicted octanol–water partition coefficient (Wildman–Crippen LogP) is 2.47. The third kappa shape index (κ3) is 5.71. The molecule has 0 saturated heterocycles. The molecule has 5 nitrogen and oxygen atoms in total. The largest absolute Gasteiger partial charge is 0.465 e. The van der Waals surface area contributed by atoms with Crippen LogP contribution in [-0.2, 0) is 9.47 Å². The number of esters is 1. The van der Waals surface area contributed by atoms with Gasteiger partial charge in [0.2, 0.25) is 0 Å². The first kappa shape index (κ1) is 16.7. The molecule has 1 N–H and O–H groups in total. The second-order valence-corrected chi connectivity index (χ2v) is 5.31. The molecule has 1 amide bonds. The van der Waals surface area contributed by atoms with E-state index < -0.39 is 5.97 Å². The van der Waals surface area contributed by atoms with Crippen molar-refractivity contribution in [1.82, 2.24) is 5.32 Å². The van der Waals surface area contributed by atoms with Crippen LogP contribution in [0.25, 0.3) is 0 Å². The zero-order chi connectivity index (χ0) is 14.8. The number of carbonyl (C=O) groups excluding carboxylic acids is 2. The fraction of sp³-hybridized carbons (Fsp3) is 0.571. The summed E-state index contributed by atoms with van der Waals surface area (Å²) in [5, 5.41) is 2.80. The fourth-order valence-electron chi connectivity index (χ4n) is 1.48. The second kappa shape index (κ2) is 9.50. The van der Waals surface area contributed by atoms with E-state index in [1.807, 2.05) is 0 Å². The molecule has 6 heteroatoms. The number of nitrogens with one attached hydrogen (secondary N) is 1. The standard InChI is InChI=1S/C14H21NO4S/c1-3-4-9-19-10-5-8-15-13(16)11-6-7-12(20-11)14(17)18-2/h6-7H,3-5,8-10H2,1-2H3,(H,15,16). The Morgan fingerprint density at radius 3 is 2.60 bits per heavy atom. The molecule has 1 rings (SSSR count). The molecule has 0 bridgehead atoms. The first-order valence-corrected chi connectivity index (χ1v) is 7.54. The van der Waals surface area contributed by atoms with Crippen molar-refractivity contribution in [2.75, 3.05) is 26.9 Å². The maximum absolute atomic E-state index is 11.8. The van der Waals surface area contributed by atoms with Gasteiger partial charge in [-0.2, -0.15) is 0 Å². The molecule has 0 spiro atoms. The van der Waals surface area contributed by atoms with E-state index in [1.54, 1.807) is 12.1 Å². The summed E-state index contributed by atoms with van der Waals surface area (Å²) in [4.78, 5) is 24.0. The highest BCUT2D eigenvalue weighted by molar-refractivity contribution is 7.15. The number of hydrogen-bond donors (Lipinski definition) is 1. The van der Waals surface area contributed by atoms with E-state index in [2.05, 4.69) is 17.0 Å². The molecule has 0 aliphatic heterocycles. The van der Waals surface area contributed by atoms with Crippen molar-refractivity contribution >= 4 is 23.2 Å². The lowest BCUT2D eigenvalue weighted by Crippen LogP contribution is -2.24. The van der Waals surface area contributed by atoms with Gasteiger partial charge >= 0.3 is 5.97 Å². The van der Waals surface area contributed by atoms with E-state index in [1.165, 1.54) is 7.11 Å². The molecule has 0 aliphatic rings. The van der Waals surface area contributed by atoms with Gasteiger partial charge in [-0.25, -0.2) is 4.79 Å². The Bertz CT molecular complexity index is 431. The number of methoxy groups -OCH3 is 1. The molecule has 0 aliphatic carbocycles. The van der Waals surface area contributed by atoms with Gasteiger partial charge in [-0.1, -0.05) is 13.3 Å². The average molecular weight is 299 g/mol. The molecule has 0 radical (unpaired) electrons. The minimum Gasteiger partial charge on any atom is -0.465 e. The van der Waals surface area contributed by atoms with Crippen LogP contribution in [0.3, 0.4) is 0 Å². The zero-order valence-electron chi connectivity index (χ0n) is 11.9. The van der Waals surface area contributed by atoms with Crippen molar-refractivity contribution in [2.45, 2.75) is 26.2 Å². The van der Waals surface area contributed by atoms with Gasteiger partial charge in [-0.05, 0) is 25.0 Å². The van der Waals surface area contributed by atoms with Crippen molar-refractivity contribution in [3.05, 3.63) is 21.9 Å². The quantitative estimate of drug-likeness (QED) is 0.562. The molecule has 1 aromatic heterocycles. The number of ether oxygens (including phenoxy) is 2. The summed E-state index contributed by atoms with van der Waals surface area (Å²) in [6.45, 7) is 4.11. The maximum atomic E-state index is 11.8. The molecular formula is C14H21NO4S. The molecule has 1 aromatic rings. The van der Waals surface area contributed by atoms with Crippen molar-refractivity contribution in [3.63, 3.8) is 0 Å². The third-order valence-electron chi connectivity index (χ3n) is 2.61. The van der Waals surface area contributed by atoms with Crippen molar-refractivity contribution in [2.24, 2.45) is 0 Å². The van der Waals surface area contributed by atoms with Crippen LogP contribution in [0, 0.1) is 0 Å². The number of carbonyl (C=O) groups is 2. The van der Waals surface area contributed by atoms with E-state index in [0.29, 0.717) is 22.9 Å². The number of thiophene rings is 1. The molecular weight excluding hydrogens is 278 g/mol. The van der Waals surface area contributed by atoms with Crippen LogP contribution < -0.4 is 5.32 Å². The Labute approximate surface area is 123 Å². The molecule has 0 aromatic carbocycles. The summed E-state index contributed by atoms with van der Waals surface area (Å²) in [5.41, 5.74) is 0. The fourth-order valence-corrected chi connectivity index (χ4v) is 2.32. The lowest BCUT2D eigenvalue weighted by Gasteiger charge is -2.04. The number of rotatable bonds is 9. The van der Waals surface area contributed by atoms with Crippen LogP contribution in [0.5, 0.6) is 0 Å². The lowest BCUT2D eigenvalue weighted by atomic mass is 10.3. The highest BCUT2D eigenvalue weighted by Gasteiger charge is 2.13. The first-order valence-electron chi connectivity index (χ1n) is 6.73. The van der Waals surface area contributed by atoms with E-state index in [-0.39, 0.29) is 5.91 Å². The second-order valence-electron chi connectivity index (χ2n) is 4.23. The van der Waals surface area contributed by atoms with Crippen molar-refractivity contribution in [1.29, 1.82) is 0 Å². The van der Waals surface area contributed by atoms with Gasteiger partial charge < -0.3 is 14.8 Å². The Morgan fingerprint density at radius 2 is 1.90 bits per heavy atom. The monoisotopic (exact) mass is 299 g/mol. The molecule has 0 unspecified atom stereocenters. The summed E-state index contributed by atoms with van der Waals surface area (Å²) in [5.74, 6) is -0.586. The first-order chi connectivity index (χ1) is 9.69. The van der Waals surface area contributed by atoms with Crippen LogP contribution in [0.4, 0.5) is 0 Å². The predicted molar refractivity (Wildman–Crippen MR) is 78.3 cm³/mol. The third-order valence-corrected chi connectivity index (χ3v) is 3.67. The molecule has 0 saturated carbocycles. The van der Waals surface area contributed by atoms with Gasteiger partial charge in [0.25, 0.3) is 5.91 Å². The van der Waals surface area contributed by atoms with Gasteiger partial charge in [0, 0.05) is 19.8 Å². The molecule has 20 heavy (non-hydrogen) atoms. The van der Waals surface area contributed by atoms with E-state index in [4.69, 9.17) is 4.74 Å². The Kier molecular flexibility index (Phi) is 7.91.